The third kappa shape index (κ3) is 3.26. The number of piperidine rings is 1. The molecule has 2 aromatic carbocycles. The van der Waals surface area contributed by atoms with Gasteiger partial charge in [-0.1, -0.05) is 35.9 Å². The molecule has 20 heavy (non-hydrogen) atoms. The minimum atomic E-state index is 0.536. The maximum atomic E-state index is 6.02. The topological polar surface area (TPSA) is 15.3 Å². The molecule has 0 amide bonds. The lowest BCUT2D eigenvalue weighted by Crippen LogP contribution is -2.39. The molecule has 1 N–H and O–H groups in total. The van der Waals surface area contributed by atoms with Crippen LogP contribution < -0.4 is 10.2 Å². The molecule has 3 rings (SSSR count). The predicted octanol–water partition coefficient (Wildman–Crippen LogP) is 4.42. The standard InChI is InChI=1S/C17H19ClN2/c18-14-5-4-6-16(13-14)19-15-9-11-20(12-10-15)17-7-2-1-3-8-17/h1-8,13,15,19H,9-12H2. The summed E-state index contributed by atoms with van der Waals surface area (Å²) in [6.07, 6.45) is 2.31. The molecule has 1 heterocycles. The van der Waals surface area contributed by atoms with Crippen molar-refractivity contribution in [1.29, 1.82) is 0 Å². The number of hydrogen-bond acceptors (Lipinski definition) is 2. The van der Waals surface area contributed by atoms with Gasteiger partial charge in [0.15, 0.2) is 0 Å². The molecule has 0 atom stereocenters. The summed E-state index contributed by atoms with van der Waals surface area (Å²) in [7, 11) is 0. The smallest absolute Gasteiger partial charge is 0.0426 e. The van der Waals surface area contributed by atoms with E-state index in [4.69, 9.17) is 11.6 Å². The van der Waals surface area contributed by atoms with Crippen molar-refractivity contribution in [3.63, 3.8) is 0 Å². The molecule has 1 aliphatic heterocycles. The van der Waals surface area contributed by atoms with E-state index in [-0.39, 0.29) is 0 Å². The highest BCUT2D eigenvalue weighted by molar-refractivity contribution is 6.30. The zero-order chi connectivity index (χ0) is 13.8. The monoisotopic (exact) mass is 286 g/mol. The lowest BCUT2D eigenvalue weighted by atomic mass is 10.0. The first kappa shape index (κ1) is 13.3. The van der Waals surface area contributed by atoms with Crippen LogP contribution >= 0.6 is 11.6 Å². The van der Waals surface area contributed by atoms with Crippen molar-refractivity contribution >= 4 is 23.0 Å². The van der Waals surface area contributed by atoms with E-state index in [1.54, 1.807) is 0 Å². The van der Waals surface area contributed by atoms with Gasteiger partial charge in [-0.3, -0.25) is 0 Å². The highest BCUT2D eigenvalue weighted by atomic mass is 35.5. The molecule has 2 aromatic rings. The Balaban J connectivity index is 1.56. The summed E-state index contributed by atoms with van der Waals surface area (Å²) in [4.78, 5) is 2.45. The molecule has 104 valence electrons. The summed E-state index contributed by atoms with van der Waals surface area (Å²) in [5, 5.41) is 4.37. The largest absolute Gasteiger partial charge is 0.382 e. The molecule has 1 saturated heterocycles. The number of nitrogens with zero attached hydrogens (tertiary/aromatic N) is 1. The van der Waals surface area contributed by atoms with Gasteiger partial charge in [-0.25, -0.2) is 0 Å². The van der Waals surface area contributed by atoms with Crippen LogP contribution in [0.3, 0.4) is 0 Å². The van der Waals surface area contributed by atoms with E-state index in [9.17, 15) is 0 Å². The Morgan fingerprint density at radius 3 is 2.40 bits per heavy atom. The van der Waals surface area contributed by atoms with Crippen molar-refractivity contribution in [1.82, 2.24) is 0 Å². The molecule has 2 nitrogen and oxygen atoms in total. The molecule has 0 radical (unpaired) electrons. The summed E-state index contributed by atoms with van der Waals surface area (Å²) in [6, 6.07) is 19.1. The fourth-order valence-electron chi connectivity index (χ4n) is 2.73. The Morgan fingerprint density at radius 2 is 1.70 bits per heavy atom. The average Bonchev–Trinajstić information content (AvgIpc) is 2.49. The van der Waals surface area contributed by atoms with Crippen molar-refractivity contribution in [2.24, 2.45) is 0 Å². The van der Waals surface area contributed by atoms with Crippen LogP contribution in [-0.4, -0.2) is 19.1 Å². The van der Waals surface area contributed by atoms with Crippen molar-refractivity contribution in [3.05, 3.63) is 59.6 Å². The number of benzene rings is 2. The number of hydrogen-bond donors (Lipinski definition) is 1. The molecule has 3 heteroatoms. The molecule has 0 unspecified atom stereocenters. The van der Waals surface area contributed by atoms with Gasteiger partial charge in [0.05, 0.1) is 0 Å². The van der Waals surface area contributed by atoms with Crippen molar-refractivity contribution in [3.8, 4) is 0 Å². The zero-order valence-electron chi connectivity index (χ0n) is 11.4. The quantitative estimate of drug-likeness (QED) is 0.898. The summed E-state index contributed by atoms with van der Waals surface area (Å²) in [6.45, 7) is 2.20. The van der Waals surface area contributed by atoms with E-state index in [2.05, 4.69) is 46.6 Å². The number of halogens is 1. The second-order valence-electron chi connectivity index (χ2n) is 5.25. The van der Waals surface area contributed by atoms with Crippen LogP contribution in [-0.2, 0) is 0 Å². The van der Waals surface area contributed by atoms with Crippen LogP contribution in [0.5, 0.6) is 0 Å². The van der Waals surface area contributed by atoms with Gasteiger partial charge in [-0.05, 0) is 43.2 Å². The highest BCUT2D eigenvalue weighted by Gasteiger charge is 2.19. The highest BCUT2D eigenvalue weighted by Crippen LogP contribution is 2.23. The normalized spacial score (nSPS) is 16.1. The van der Waals surface area contributed by atoms with E-state index < -0.39 is 0 Å². The molecule has 1 aliphatic rings. The predicted molar refractivity (Wildman–Crippen MR) is 86.8 cm³/mol. The third-order valence-corrected chi connectivity index (χ3v) is 4.05. The summed E-state index contributed by atoms with van der Waals surface area (Å²) in [5.74, 6) is 0. The van der Waals surface area contributed by atoms with Gasteiger partial charge in [0, 0.05) is 35.5 Å². The average molecular weight is 287 g/mol. The van der Waals surface area contributed by atoms with Crippen molar-refractivity contribution < 1.29 is 0 Å². The van der Waals surface area contributed by atoms with Gasteiger partial charge in [0.2, 0.25) is 0 Å². The van der Waals surface area contributed by atoms with Crippen LogP contribution in [0.2, 0.25) is 5.02 Å². The van der Waals surface area contributed by atoms with Gasteiger partial charge >= 0.3 is 0 Å². The van der Waals surface area contributed by atoms with E-state index in [0.717, 1.165) is 36.6 Å². The van der Waals surface area contributed by atoms with Crippen molar-refractivity contribution in [2.45, 2.75) is 18.9 Å². The molecular formula is C17H19ClN2. The summed E-state index contributed by atoms with van der Waals surface area (Å²) >= 11 is 6.02. The first-order valence-electron chi connectivity index (χ1n) is 7.13. The summed E-state index contributed by atoms with van der Waals surface area (Å²) < 4.78 is 0. The molecule has 0 bridgehead atoms. The Hall–Kier alpha value is -1.67. The van der Waals surface area contributed by atoms with Gasteiger partial charge < -0.3 is 10.2 Å². The Morgan fingerprint density at radius 1 is 0.950 bits per heavy atom. The maximum Gasteiger partial charge on any atom is 0.0426 e. The van der Waals surface area contributed by atoms with Crippen LogP contribution in [0.25, 0.3) is 0 Å². The fraction of sp³-hybridized carbons (Fsp3) is 0.294. The first-order chi connectivity index (χ1) is 9.81. The van der Waals surface area contributed by atoms with Gasteiger partial charge in [-0.15, -0.1) is 0 Å². The molecule has 0 saturated carbocycles. The minimum absolute atomic E-state index is 0.536. The van der Waals surface area contributed by atoms with Crippen LogP contribution in [0.1, 0.15) is 12.8 Å². The molecular weight excluding hydrogens is 268 g/mol. The van der Waals surface area contributed by atoms with Crippen LogP contribution in [0.4, 0.5) is 11.4 Å². The molecule has 0 spiro atoms. The molecule has 0 aromatic heterocycles. The minimum Gasteiger partial charge on any atom is -0.382 e. The SMILES string of the molecule is Clc1cccc(NC2CCN(c3ccccc3)CC2)c1. The van der Waals surface area contributed by atoms with E-state index in [1.165, 1.54) is 5.69 Å². The van der Waals surface area contributed by atoms with E-state index >= 15 is 0 Å². The number of para-hydroxylation sites is 1. The lowest BCUT2D eigenvalue weighted by molar-refractivity contribution is 0.527. The Kier molecular flexibility index (Phi) is 4.12. The number of anilines is 2. The zero-order valence-corrected chi connectivity index (χ0v) is 12.2. The third-order valence-electron chi connectivity index (χ3n) is 3.81. The maximum absolute atomic E-state index is 6.02. The summed E-state index contributed by atoms with van der Waals surface area (Å²) in [5.41, 5.74) is 2.45. The van der Waals surface area contributed by atoms with Gasteiger partial charge in [0.1, 0.15) is 0 Å². The second kappa shape index (κ2) is 6.19. The van der Waals surface area contributed by atoms with Crippen LogP contribution in [0.15, 0.2) is 54.6 Å². The van der Waals surface area contributed by atoms with Gasteiger partial charge in [-0.2, -0.15) is 0 Å². The van der Waals surface area contributed by atoms with Crippen LogP contribution in [0, 0.1) is 0 Å². The van der Waals surface area contributed by atoms with Gasteiger partial charge in [0.25, 0.3) is 0 Å². The Bertz CT molecular complexity index is 548. The number of rotatable bonds is 3. The lowest BCUT2D eigenvalue weighted by Gasteiger charge is -2.34. The first-order valence-corrected chi connectivity index (χ1v) is 7.51. The second-order valence-corrected chi connectivity index (χ2v) is 5.69. The Labute approximate surface area is 125 Å². The number of nitrogens with one attached hydrogen (secondary N) is 1. The van der Waals surface area contributed by atoms with E-state index in [1.807, 2.05) is 18.2 Å². The van der Waals surface area contributed by atoms with E-state index in [0.29, 0.717) is 6.04 Å². The van der Waals surface area contributed by atoms with Crippen molar-refractivity contribution in [2.75, 3.05) is 23.3 Å². The molecule has 1 fully saturated rings. The fourth-order valence-corrected chi connectivity index (χ4v) is 2.93. The molecule has 0 aliphatic carbocycles.